The summed E-state index contributed by atoms with van der Waals surface area (Å²) in [5.74, 6) is -1.02. The minimum absolute atomic E-state index is 0.0605. The van der Waals surface area contributed by atoms with Crippen LogP contribution in [0, 0.1) is 5.82 Å². The Kier molecular flexibility index (Phi) is 5.54. The maximum absolute atomic E-state index is 13.2. The van der Waals surface area contributed by atoms with E-state index in [2.05, 4.69) is 15.4 Å². The summed E-state index contributed by atoms with van der Waals surface area (Å²) in [5.41, 5.74) is 0.917. The highest BCUT2D eigenvalue weighted by molar-refractivity contribution is 7.89. The first kappa shape index (κ1) is 20.5. The summed E-state index contributed by atoms with van der Waals surface area (Å²) >= 11 is 6.08. The predicted molar refractivity (Wildman–Crippen MR) is 108 cm³/mol. The first-order valence-corrected chi connectivity index (χ1v) is 10.9. The van der Waals surface area contributed by atoms with Gasteiger partial charge in [0.05, 0.1) is 16.3 Å². The zero-order valence-electron chi connectivity index (χ0n) is 15.6. The van der Waals surface area contributed by atoms with Crippen molar-refractivity contribution in [3.8, 4) is 5.69 Å². The van der Waals surface area contributed by atoms with Gasteiger partial charge in [-0.1, -0.05) is 11.6 Å². The van der Waals surface area contributed by atoms with Gasteiger partial charge < -0.3 is 5.32 Å². The Balaban J connectivity index is 1.61. The van der Waals surface area contributed by atoms with Gasteiger partial charge in [-0.15, -0.1) is 0 Å². The third kappa shape index (κ3) is 3.93. The van der Waals surface area contributed by atoms with Gasteiger partial charge in [0.25, 0.3) is 0 Å². The van der Waals surface area contributed by atoms with E-state index in [1.54, 1.807) is 18.2 Å². The van der Waals surface area contributed by atoms with Gasteiger partial charge in [0, 0.05) is 11.6 Å². The third-order valence-electron chi connectivity index (χ3n) is 4.81. The molecule has 2 heterocycles. The molecular formula is C19H17ClFN5O3S. The number of hydrogen-bond donors (Lipinski definition) is 1. The molecule has 1 amide bonds. The fraction of sp³-hybridized carbons (Fsp3) is 0.211. The molecule has 1 aliphatic heterocycles. The molecule has 156 valence electrons. The van der Waals surface area contributed by atoms with Crippen LogP contribution < -0.4 is 5.32 Å². The molecule has 2 aromatic carbocycles. The largest absolute Gasteiger partial charge is 0.323 e. The molecular weight excluding hydrogens is 433 g/mol. The van der Waals surface area contributed by atoms with Crippen LogP contribution in [-0.2, 0) is 14.8 Å². The fourth-order valence-electron chi connectivity index (χ4n) is 3.39. The lowest BCUT2D eigenvalue weighted by Gasteiger charge is -2.24. The number of halogens is 2. The molecule has 1 fully saturated rings. The van der Waals surface area contributed by atoms with Crippen molar-refractivity contribution in [1.29, 1.82) is 0 Å². The molecule has 30 heavy (non-hydrogen) atoms. The number of sulfonamides is 1. The standard InChI is InChI=1S/C19H17ClFN5O3S/c20-13-3-8-17(25-12-22-11-23-25)16(10-13)24-19(27)18-2-1-9-26(18)30(28,29)15-6-4-14(21)5-7-15/h3-8,10-12,18H,1-2,9H2,(H,24,27). The van der Waals surface area contributed by atoms with Crippen molar-refractivity contribution in [1.82, 2.24) is 19.1 Å². The lowest BCUT2D eigenvalue weighted by atomic mass is 10.2. The van der Waals surface area contributed by atoms with Crippen molar-refractivity contribution in [3.63, 3.8) is 0 Å². The second-order valence-electron chi connectivity index (χ2n) is 6.72. The number of carbonyl (C=O) groups is 1. The van der Waals surface area contributed by atoms with Gasteiger partial charge in [0.2, 0.25) is 15.9 Å². The van der Waals surface area contributed by atoms with E-state index in [0.717, 1.165) is 16.4 Å². The number of nitrogens with one attached hydrogen (secondary N) is 1. The van der Waals surface area contributed by atoms with E-state index < -0.39 is 27.8 Å². The maximum atomic E-state index is 13.2. The number of benzene rings is 2. The molecule has 3 aromatic rings. The van der Waals surface area contributed by atoms with E-state index in [-0.39, 0.29) is 11.4 Å². The van der Waals surface area contributed by atoms with Gasteiger partial charge in [-0.2, -0.15) is 9.40 Å². The van der Waals surface area contributed by atoms with Crippen LogP contribution in [0.1, 0.15) is 12.8 Å². The van der Waals surface area contributed by atoms with Gasteiger partial charge in [-0.25, -0.2) is 22.5 Å². The first-order valence-electron chi connectivity index (χ1n) is 9.09. The van der Waals surface area contributed by atoms with E-state index in [1.165, 1.54) is 29.5 Å². The van der Waals surface area contributed by atoms with Crippen molar-refractivity contribution >= 4 is 33.2 Å². The number of anilines is 1. The van der Waals surface area contributed by atoms with Crippen LogP contribution in [0.25, 0.3) is 5.69 Å². The minimum Gasteiger partial charge on any atom is -0.323 e. The highest BCUT2D eigenvalue weighted by Gasteiger charge is 2.39. The molecule has 8 nitrogen and oxygen atoms in total. The summed E-state index contributed by atoms with van der Waals surface area (Å²) < 4.78 is 41.8. The van der Waals surface area contributed by atoms with Crippen molar-refractivity contribution in [3.05, 3.63) is 66.0 Å². The summed E-state index contributed by atoms with van der Waals surface area (Å²) in [4.78, 5) is 16.9. The number of amides is 1. The summed E-state index contributed by atoms with van der Waals surface area (Å²) in [5, 5.41) is 7.22. The molecule has 0 aliphatic carbocycles. The third-order valence-corrected chi connectivity index (χ3v) is 6.97. The van der Waals surface area contributed by atoms with Gasteiger partial charge >= 0.3 is 0 Å². The Morgan fingerprint density at radius 3 is 2.67 bits per heavy atom. The highest BCUT2D eigenvalue weighted by Crippen LogP contribution is 2.29. The fourth-order valence-corrected chi connectivity index (χ4v) is 5.22. The molecule has 11 heteroatoms. The molecule has 1 aromatic heterocycles. The Bertz CT molecular complexity index is 1170. The Morgan fingerprint density at radius 1 is 1.20 bits per heavy atom. The van der Waals surface area contributed by atoms with Crippen LogP contribution in [0.15, 0.2) is 60.0 Å². The molecule has 0 saturated carbocycles. The summed E-state index contributed by atoms with van der Waals surface area (Å²) in [6.07, 6.45) is 3.73. The van der Waals surface area contributed by atoms with E-state index >= 15 is 0 Å². The van der Waals surface area contributed by atoms with E-state index in [1.807, 2.05) is 0 Å². The lowest BCUT2D eigenvalue weighted by molar-refractivity contribution is -0.119. The minimum atomic E-state index is -3.95. The number of aromatic nitrogens is 3. The van der Waals surface area contributed by atoms with Crippen LogP contribution in [0.4, 0.5) is 10.1 Å². The quantitative estimate of drug-likeness (QED) is 0.646. The van der Waals surface area contributed by atoms with Gasteiger partial charge in [0.1, 0.15) is 24.5 Å². The van der Waals surface area contributed by atoms with E-state index in [9.17, 15) is 17.6 Å². The second kappa shape index (κ2) is 8.13. The van der Waals surface area contributed by atoms with Crippen LogP contribution in [0.2, 0.25) is 5.02 Å². The predicted octanol–water partition coefficient (Wildman–Crippen LogP) is 2.85. The first-order chi connectivity index (χ1) is 14.4. The SMILES string of the molecule is O=C(Nc1cc(Cl)ccc1-n1cncn1)C1CCCN1S(=O)(=O)c1ccc(F)cc1. The number of carbonyl (C=O) groups excluding carboxylic acids is 1. The highest BCUT2D eigenvalue weighted by atomic mass is 35.5. The molecule has 0 radical (unpaired) electrons. The normalized spacial score (nSPS) is 17.2. The van der Waals surface area contributed by atoms with Crippen molar-refractivity contribution in [2.75, 3.05) is 11.9 Å². The molecule has 1 atom stereocenters. The van der Waals surface area contributed by atoms with Crippen molar-refractivity contribution in [2.24, 2.45) is 0 Å². The molecule has 0 spiro atoms. The molecule has 4 rings (SSSR count). The number of nitrogens with zero attached hydrogens (tertiary/aromatic N) is 4. The molecule has 1 N–H and O–H groups in total. The van der Waals surface area contributed by atoms with Gasteiger partial charge in [0.15, 0.2) is 0 Å². The van der Waals surface area contributed by atoms with Gasteiger partial charge in [-0.05, 0) is 55.3 Å². The molecule has 1 unspecified atom stereocenters. The topological polar surface area (TPSA) is 97.2 Å². The lowest BCUT2D eigenvalue weighted by Crippen LogP contribution is -2.43. The average Bonchev–Trinajstić information content (AvgIpc) is 3.41. The molecule has 1 saturated heterocycles. The summed E-state index contributed by atoms with van der Waals surface area (Å²) in [7, 11) is -3.95. The Hall–Kier alpha value is -2.82. The maximum Gasteiger partial charge on any atom is 0.243 e. The van der Waals surface area contributed by atoms with E-state index in [4.69, 9.17) is 11.6 Å². The van der Waals surface area contributed by atoms with Crippen LogP contribution in [0.5, 0.6) is 0 Å². The van der Waals surface area contributed by atoms with Crippen molar-refractivity contribution in [2.45, 2.75) is 23.8 Å². The number of rotatable bonds is 5. The number of hydrogen-bond acceptors (Lipinski definition) is 5. The zero-order chi connectivity index (χ0) is 21.3. The average molecular weight is 450 g/mol. The van der Waals surface area contributed by atoms with Crippen molar-refractivity contribution < 1.29 is 17.6 Å². The van der Waals surface area contributed by atoms with Crippen LogP contribution in [0.3, 0.4) is 0 Å². The monoisotopic (exact) mass is 449 g/mol. The zero-order valence-corrected chi connectivity index (χ0v) is 17.1. The summed E-state index contributed by atoms with van der Waals surface area (Å²) in [6, 6.07) is 8.52. The van der Waals surface area contributed by atoms with Crippen LogP contribution in [-0.4, -0.2) is 46.0 Å². The second-order valence-corrected chi connectivity index (χ2v) is 9.05. The summed E-state index contributed by atoms with van der Waals surface area (Å²) in [6.45, 7) is 0.198. The molecule has 1 aliphatic rings. The van der Waals surface area contributed by atoms with Crippen LogP contribution >= 0.6 is 11.6 Å². The molecule has 0 bridgehead atoms. The van der Waals surface area contributed by atoms with Gasteiger partial charge in [-0.3, -0.25) is 4.79 Å². The smallest absolute Gasteiger partial charge is 0.243 e. The Labute approximate surface area is 177 Å². The Morgan fingerprint density at radius 2 is 1.97 bits per heavy atom. The van der Waals surface area contributed by atoms with E-state index in [0.29, 0.717) is 29.2 Å².